The van der Waals surface area contributed by atoms with E-state index in [0.29, 0.717) is 17.8 Å². The number of aliphatic imine (C=N–C) groups is 1. The predicted octanol–water partition coefficient (Wildman–Crippen LogP) is 4.89. The third-order valence-corrected chi connectivity index (χ3v) is 5.31. The Bertz CT molecular complexity index is 392. The molecular weight excluding hydrogens is 238 g/mol. The van der Waals surface area contributed by atoms with Gasteiger partial charge in [-0.2, -0.15) is 0 Å². The summed E-state index contributed by atoms with van der Waals surface area (Å²) in [4.78, 5) is 4.58. The summed E-state index contributed by atoms with van der Waals surface area (Å²) >= 11 is 4.89. The molecule has 0 aromatic heterocycles. The van der Waals surface area contributed by atoms with Gasteiger partial charge in [0.25, 0.3) is 0 Å². The maximum absolute atomic E-state index is 4.89. The first-order chi connectivity index (χ1) is 8.48. The molecule has 2 rings (SSSR count). The van der Waals surface area contributed by atoms with E-state index in [1.807, 2.05) is 0 Å². The minimum Gasteiger partial charge on any atom is -0.226 e. The molecule has 0 saturated heterocycles. The van der Waals surface area contributed by atoms with Crippen LogP contribution in [0.15, 0.2) is 16.6 Å². The zero-order valence-electron chi connectivity index (χ0n) is 12.1. The Hall–Kier alpha value is -0.460. The van der Waals surface area contributed by atoms with E-state index in [1.165, 1.54) is 19.3 Å². The molecule has 0 aliphatic heterocycles. The Labute approximate surface area is 117 Å². The van der Waals surface area contributed by atoms with E-state index in [4.69, 9.17) is 12.2 Å². The lowest BCUT2D eigenvalue weighted by molar-refractivity contribution is 0.243. The fourth-order valence-corrected chi connectivity index (χ4v) is 4.08. The molecule has 0 heterocycles. The van der Waals surface area contributed by atoms with E-state index in [9.17, 15) is 0 Å². The zero-order valence-corrected chi connectivity index (χ0v) is 12.9. The second kappa shape index (κ2) is 5.27. The first kappa shape index (κ1) is 14.0. The average molecular weight is 263 g/mol. The number of nitrogens with zero attached hydrogens (tertiary/aromatic N) is 1. The van der Waals surface area contributed by atoms with Crippen LogP contribution in [0.5, 0.6) is 0 Å². The number of fused-ring (bicyclic) bond motifs is 1. The fourth-order valence-electron chi connectivity index (χ4n) is 3.87. The minimum atomic E-state index is 0.0182. The van der Waals surface area contributed by atoms with Crippen LogP contribution < -0.4 is 0 Å². The number of hydrogen-bond donors (Lipinski definition) is 0. The summed E-state index contributed by atoms with van der Waals surface area (Å²) in [6.45, 7) is 9.31. The molecule has 2 aliphatic carbocycles. The van der Waals surface area contributed by atoms with Crippen LogP contribution in [0.3, 0.4) is 0 Å². The monoisotopic (exact) mass is 263 g/mol. The third kappa shape index (κ3) is 2.46. The van der Waals surface area contributed by atoms with Crippen molar-refractivity contribution in [3.63, 3.8) is 0 Å². The van der Waals surface area contributed by atoms with Crippen molar-refractivity contribution in [3.05, 3.63) is 11.6 Å². The lowest BCUT2D eigenvalue weighted by Crippen LogP contribution is -2.34. The largest absolute Gasteiger partial charge is 0.226 e. The van der Waals surface area contributed by atoms with Gasteiger partial charge in [0.1, 0.15) is 0 Å². The van der Waals surface area contributed by atoms with E-state index >= 15 is 0 Å². The van der Waals surface area contributed by atoms with Crippen LogP contribution in [0, 0.1) is 23.7 Å². The van der Waals surface area contributed by atoms with Gasteiger partial charge in [-0.25, -0.2) is 4.99 Å². The van der Waals surface area contributed by atoms with Gasteiger partial charge in [0, 0.05) is 0 Å². The van der Waals surface area contributed by atoms with Gasteiger partial charge < -0.3 is 0 Å². The standard InChI is InChI=1S/C16H25NS/c1-11(2)13-7-8-16(4,17-10-18)15-6-5-12(3)14(15)9-13/h9,11-12,14-15H,5-8H2,1-4H3/t12-,14+,15+,16+/m0/s1. The quantitative estimate of drug-likeness (QED) is 0.393. The smallest absolute Gasteiger partial charge is 0.0719 e. The van der Waals surface area contributed by atoms with Gasteiger partial charge >= 0.3 is 0 Å². The number of thiocarbonyl (C=S) groups is 1. The van der Waals surface area contributed by atoms with E-state index in [0.717, 1.165) is 12.3 Å². The van der Waals surface area contributed by atoms with Crippen molar-refractivity contribution < 1.29 is 0 Å². The van der Waals surface area contributed by atoms with E-state index in [1.54, 1.807) is 5.57 Å². The van der Waals surface area contributed by atoms with Crippen molar-refractivity contribution in [1.29, 1.82) is 0 Å². The van der Waals surface area contributed by atoms with Gasteiger partial charge in [-0.3, -0.25) is 0 Å². The highest BCUT2D eigenvalue weighted by Gasteiger charge is 2.45. The highest BCUT2D eigenvalue weighted by Crippen LogP contribution is 2.50. The van der Waals surface area contributed by atoms with Crippen molar-refractivity contribution in [2.45, 2.75) is 58.9 Å². The Morgan fingerprint density at radius 3 is 2.78 bits per heavy atom. The summed E-state index contributed by atoms with van der Waals surface area (Å²) in [5.74, 6) is 2.82. The Balaban J connectivity index is 2.37. The van der Waals surface area contributed by atoms with Gasteiger partial charge in [0.2, 0.25) is 0 Å². The lowest BCUT2D eigenvalue weighted by Gasteiger charge is -2.33. The molecule has 0 spiro atoms. The molecule has 1 saturated carbocycles. The molecule has 0 unspecified atom stereocenters. The second-order valence-electron chi connectivity index (χ2n) is 6.70. The molecule has 100 valence electrons. The molecule has 0 radical (unpaired) electrons. The van der Waals surface area contributed by atoms with Crippen molar-refractivity contribution in [1.82, 2.24) is 0 Å². The van der Waals surface area contributed by atoms with E-state index < -0.39 is 0 Å². The average Bonchev–Trinajstić information content (AvgIpc) is 2.59. The molecule has 2 heteroatoms. The van der Waals surface area contributed by atoms with E-state index in [2.05, 4.69) is 43.9 Å². The summed E-state index contributed by atoms with van der Waals surface area (Å²) in [7, 11) is 0. The summed E-state index contributed by atoms with van der Waals surface area (Å²) < 4.78 is 0. The summed E-state index contributed by atoms with van der Waals surface area (Å²) in [5.41, 5.74) is 1.65. The molecule has 1 fully saturated rings. The molecule has 0 aromatic carbocycles. The maximum Gasteiger partial charge on any atom is 0.0719 e. The summed E-state index contributed by atoms with van der Waals surface area (Å²) in [6.07, 6.45) is 7.52. The van der Waals surface area contributed by atoms with Gasteiger partial charge in [0.05, 0.1) is 10.7 Å². The van der Waals surface area contributed by atoms with Gasteiger partial charge in [-0.05, 0) is 68.5 Å². The van der Waals surface area contributed by atoms with Crippen LogP contribution in [0.4, 0.5) is 0 Å². The second-order valence-corrected chi connectivity index (χ2v) is 6.88. The number of isothiocyanates is 1. The Kier molecular flexibility index (Phi) is 4.08. The van der Waals surface area contributed by atoms with Crippen molar-refractivity contribution in [3.8, 4) is 0 Å². The summed E-state index contributed by atoms with van der Waals surface area (Å²) in [6, 6.07) is 0. The Morgan fingerprint density at radius 2 is 2.17 bits per heavy atom. The van der Waals surface area contributed by atoms with Crippen LogP contribution in [0.1, 0.15) is 53.4 Å². The molecule has 0 N–H and O–H groups in total. The van der Waals surface area contributed by atoms with Crippen LogP contribution in [0.2, 0.25) is 0 Å². The van der Waals surface area contributed by atoms with Crippen LogP contribution in [-0.4, -0.2) is 10.7 Å². The predicted molar refractivity (Wildman–Crippen MR) is 81.0 cm³/mol. The number of hydrogen-bond acceptors (Lipinski definition) is 2. The molecule has 1 nitrogen and oxygen atoms in total. The van der Waals surface area contributed by atoms with Crippen LogP contribution in [-0.2, 0) is 0 Å². The normalized spacial score (nSPS) is 39.8. The molecular formula is C16H25NS. The van der Waals surface area contributed by atoms with Crippen molar-refractivity contribution >= 4 is 17.4 Å². The molecule has 2 aliphatic rings. The number of allylic oxidation sites excluding steroid dienone is 2. The minimum absolute atomic E-state index is 0.0182. The lowest BCUT2D eigenvalue weighted by atomic mass is 9.76. The van der Waals surface area contributed by atoms with Crippen LogP contribution >= 0.6 is 12.2 Å². The highest BCUT2D eigenvalue weighted by atomic mass is 32.1. The SMILES string of the molecule is CC(C)C1=C[C@H]2[C@@H](CC[C@@H]2C)[C@](C)(N=C=S)CC1. The van der Waals surface area contributed by atoms with Crippen molar-refractivity contribution in [2.75, 3.05) is 0 Å². The first-order valence-corrected chi connectivity index (χ1v) is 7.68. The maximum atomic E-state index is 4.89. The third-order valence-electron chi connectivity index (χ3n) is 5.22. The highest BCUT2D eigenvalue weighted by molar-refractivity contribution is 7.78. The van der Waals surface area contributed by atoms with E-state index in [-0.39, 0.29) is 5.54 Å². The summed E-state index contributed by atoms with van der Waals surface area (Å²) in [5, 5.41) is 2.66. The van der Waals surface area contributed by atoms with Crippen molar-refractivity contribution in [2.24, 2.45) is 28.7 Å². The molecule has 0 amide bonds. The fraction of sp³-hybridized carbons (Fsp3) is 0.812. The molecule has 0 bridgehead atoms. The van der Waals surface area contributed by atoms with Crippen LogP contribution in [0.25, 0.3) is 0 Å². The Morgan fingerprint density at radius 1 is 1.44 bits per heavy atom. The molecule has 0 aromatic rings. The molecule has 18 heavy (non-hydrogen) atoms. The first-order valence-electron chi connectivity index (χ1n) is 7.27. The zero-order chi connectivity index (χ0) is 13.3. The van der Waals surface area contributed by atoms with Gasteiger partial charge in [-0.15, -0.1) is 0 Å². The topological polar surface area (TPSA) is 12.4 Å². The molecule has 4 atom stereocenters. The van der Waals surface area contributed by atoms with Gasteiger partial charge in [-0.1, -0.05) is 32.4 Å². The number of rotatable bonds is 2. The van der Waals surface area contributed by atoms with Gasteiger partial charge in [0.15, 0.2) is 0 Å².